The first kappa shape index (κ1) is 43.9. The number of H-pyrrole nitrogens is 2. The molecular formula is C48H54N8O8. The van der Waals surface area contributed by atoms with Gasteiger partial charge in [-0.2, -0.15) is 9.97 Å². The summed E-state index contributed by atoms with van der Waals surface area (Å²) >= 11 is 0. The highest BCUT2D eigenvalue weighted by molar-refractivity contribution is 5.97. The molecule has 0 bridgehead atoms. The Bertz CT molecular complexity index is 2780. The van der Waals surface area contributed by atoms with Crippen molar-refractivity contribution >= 4 is 21.8 Å². The summed E-state index contributed by atoms with van der Waals surface area (Å²) in [5.74, 6) is 4.55. The van der Waals surface area contributed by atoms with Crippen LogP contribution in [0.4, 0.5) is 0 Å². The summed E-state index contributed by atoms with van der Waals surface area (Å²) in [6.45, 7) is 13.5. The Labute approximate surface area is 370 Å². The zero-order valence-corrected chi connectivity index (χ0v) is 36.5. The molecule has 5 N–H and O–H groups in total. The Hall–Kier alpha value is -6.72. The van der Waals surface area contributed by atoms with Crippen molar-refractivity contribution in [3.8, 4) is 68.7 Å². The maximum atomic E-state index is 9.89. The molecule has 4 aromatic heterocycles. The van der Waals surface area contributed by atoms with Crippen LogP contribution in [-0.2, 0) is 13.1 Å². The number of aliphatic hydroxyl groups excluding tert-OH is 2. The van der Waals surface area contributed by atoms with Gasteiger partial charge in [0.05, 0.1) is 39.1 Å². The van der Waals surface area contributed by atoms with Crippen molar-refractivity contribution in [3.05, 3.63) is 96.3 Å². The topological polar surface area (TPSA) is 202 Å². The summed E-state index contributed by atoms with van der Waals surface area (Å²) in [5, 5.41) is 32.8. The number of aromatic amines is 2. The van der Waals surface area contributed by atoms with E-state index in [0.29, 0.717) is 92.5 Å². The lowest BCUT2D eigenvalue weighted by molar-refractivity contribution is 0.175. The highest BCUT2D eigenvalue weighted by Gasteiger charge is 2.23. The van der Waals surface area contributed by atoms with Crippen LogP contribution in [0, 0.1) is 0 Å². The monoisotopic (exact) mass is 870 g/mol. The Morgan fingerprint density at radius 2 is 1.20 bits per heavy atom. The highest BCUT2D eigenvalue weighted by atomic mass is 16.5. The number of ether oxygens (including phenoxy) is 4. The van der Waals surface area contributed by atoms with E-state index in [0.717, 1.165) is 74.7 Å². The molecule has 0 spiro atoms. The van der Waals surface area contributed by atoms with Crippen molar-refractivity contribution in [1.29, 1.82) is 0 Å². The van der Waals surface area contributed by atoms with Crippen LogP contribution in [0.15, 0.2) is 94.2 Å². The van der Waals surface area contributed by atoms with E-state index >= 15 is 0 Å². The number of aromatic nitrogens is 6. The Morgan fingerprint density at radius 3 is 1.70 bits per heavy atom. The van der Waals surface area contributed by atoms with Crippen molar-refractivity contribution in [2.75, 3.05) is 52.7 Å². The van der Waals surface area contributed by atoms with Gasteiger partial charge in [0.25, 0.3) is 11.8 Å². The molecule has 1 fully saturated rings. The second kappa shape index (κ2) is 20.6. The Kier molecular flexibility index (Phi) is 14.2. The van der Waals surface area contributed by atoms with E-state index in [1.807, 2.05) is 113 Å². The van der Waals surface area contributed by atoms with Crippen LogP contribution < -0.4 is 24.3 Å². The van der Waals surface area contributed by atoms with Crippen LogP contribution in [0.2, 0.25) is 0 Å². The van der Waals surface area contributed by atoms with Gasteiger partial charge >= 0.3 is 0 Å². The molecule has 0 unspecified atom stereocenters. The number of hydrogen-bond donors (Lipinski definition) is 5. The van der Waals surface area contributed by atoms with Crippen LogP contribution in [0.5, 0.6) is 23.0 Å². The fourth-order valence-electron chi connectivity index (χ4n) is 7.92. The molecule has 334 valence electrons. The minimum Gasteiger partial charge on any atom is -0.490 e. The third-order valence-corrected chi connectivity index (χ3v) is 10.7. The summed E-state index contributed by atoms with van der Waals surface area (Å²) < 4.78 is 34.0. The molecule has 0 radical (unpaired) electrons. The molecule has 1 aliphatic heterocycles. The number of nitrogens with zero attached hydrogens (tertiary/aromatic N) is 5. The standard InChI is InChI=1S/C25H28N4O4.C23H26N4O4/c1-3-31-21-9-8-16(12-22(21)32-4-2)25-27-24(28-33-25)19-6-5-7-20-23(19)17(13-26-20)14-29-11-10-18(30)15-29;1-3-29-19-9-8-15(12-20(19)30-4-2)23-26-22(27-31-23)17-6-5-7-18-21(17)16(14-25-18)13-24-10-11-28/h5-9,12-13,18,26,30H,3-4,10-11,14-15H2,1-2H3;5-9,12,14,24-25,28H,3-4,10-11,13H2,1-2H3/t18-;/m0./s1. The van der Waals surface area contributed by atoms with Gasteiger partial charge in [-0.05, 0) is 93.8 Å². The number of nitrogens with one attached hydrogen (secondary N) is 3. The van der Waals surface area contributed by atoms with Crippen molar-refractivity contribution in [3.63, 3.8) is 0 Å². The summed E-state index contributed by atoms with van der Waals surface area (Å²) in [4.78, 5) is 18.3. The summed E-state index contributed by atoms with van der Waals surface area (Å²) in [6, 6.07) is 23.2. The van der Waals surface area contributed by atoms with Gasteiger partial charge in [-0.15, -0.1) is 0 Å². The minimum atomic E-state index is -0.245. The second-order valence-corrected chi connectivity index (χ2v) is 15.1. The predicted octanol–water partition coefficient (Wildman–Crippen LogP) is 8.01. The van der Waals surface area contributed by atoms with Crippen molar-refractivity contribution < 1.29 is 38.2 Å². The van der Waals surface area contributed by atoms with Crippen LogP contribution in [-0.4, -0.2) is 104 Å². The summed E-state index contributed by atoms with van der Waals surface area (Å²) in [7, 11) is 0. The SMILES string of the molecule is CCOc1ccc(-c2nc(-c3cccc4[nH]cc(CN5CC[C@H](O)C5)c34)no2)cc1OCC.CCOc1ccc(-c2nc(-c3cccc4[nH]cc(CNCCO)c34)no2)cc1OCC. The van der Waals surface area contributed by atoms with E-state index in [2.05, 4.69) is 35.5 Å². The fourth-order valence-corrected chi connectivity index (χ4v) is 7.92. The van der Waals surface area contributed by atoms with Gasteiger partial charge in [-0.3, -0.25) is 4.90 Å². The summed E-state index contributed by atoms with van der Waals surface area (Å²) in [6.07, 6.45) is 4.56. The molecule has 0 aliphatic carbocycles. The van der Waals surface area contributed by atoms with Gasteiger partial charge in [-0.25, -0.2) is 0 Å². The molecule has 5 heterocycles. The van der Waals surface area contributed by atoms with Crippen molar-refractivity contribution in [1.82, 2.24) is 40.5 Å². The quantitative estimate of drug-likeness (QED) is 0.0519. The lowest BCUT2D eigenvalue weighted by Gasteiger charge is -2.14. The highest BCUT2D eigenvalue weighted by Crippen LogP contribution is 2.37. The number of benzene rings is 4. The molecule has 4 aromatic carbocycles. The molecule has 1 atom stereocenters. The molecule has 1 aliphatic rings. The van der Waals surface area contributed by atoms with E-state index < -0.39 is 0 Å². The first-order valence-corrected chi connectivity index (χ1v) is 21.8. The van der Waals surface area contributed by atoms with Gasteiger partial charge in [0, 0.05) is 89.2 Å². The maximum absolute atomic E-state index is 9.89. The van der Waals surface area contributed by atoms with E-state index in [-0.39, 0.29) is 12.7 Å². The van der Waals surface area contributed by atoms with Crippen molar-refractivity contribution in [2.24, 2.45) is 0 Å². The van der Waals surface area contributed by atoms with E-state index in [4.69, 9.17) is 38.1 Å². The average molecular weight is 871 g/mol. The van der Waals surface area contributed by atoms with E-state index in [9.17, 15) is 5.11 Å². The Morgan fingerprint density at radius 1 is 0.688 bits per heavy atom. The number of β-amino-alcohol motifs (C(OH)–C–C–N with tert-alkyl or cyclic N) is 1. The van der Waals surface area contributed by atoms with Gasteiger partial charge in [0.1, 0.15) is 0 Å². The van der Waals surface area contributed by atoms with E-state index in [1.165, 1.54) is 0 Å². The normalized spacial score (nSPS) is 13.9. The van der Waals surface area contributed by atoms with Gasteiger partial charge in [0.2, 0.25) is 11.6 Å². The molecule has 0 amide bonds. The zero-order chi connectivity index (χ0) is 44.4. The lowest BCUT2D eigenvalue weighted by atomic mass is 10.1. The number of likely N-dealkylation sites (tertiary alicyclic amines) is 1. The number of fused-ring (bicyclic) bond motifs is 2. The first-order valence-electron chi connectivity index (χ1n) is 21.8. The summed E-state index contributed by atoms with van der Waals surface area (Å²) in [5.41, 5.74) is 7.56. The molecule has 9 rings (SSSR count). The average Bonchev–Trinajstić information content (AvgIpc) is 4.18. The van der Waals surface area contributed by atoms with Gasteiger partial charge < -0.3 is 53.5 Å². The van der Waals surface area contributed by atoms with Crippen molar-refractivity contribution in [2.45, 2.75) is 53.3 Å². The fraction of sp³-hybridized carbons (Fsp3) is 0.333. The third-order valence-electron chi connectivity index (χ3n) is 10.7. The van der Waals surface area contributed by atoms with Crippen LogP contribution in [0.3, 0.4) is 0 Å². The van der Waals surface area contributed by atoms with Gasteiger partial charge in [0.15, 0.2) is 23.0 Å². The number of aliphatic hydroxyl groups is 2. The number of rotatable bonds is 18. The molecule has 8 aromatic rings. The molecule has 16 nitrogen and oxygen atoms in total. The third kappa shape index (κ3) is 9.75. The van der Waals surface area contributed by atoms with Crippen LogP contribution >= 0.6 is 0 Å². The maximum Gasteiger partial charge on any atom is 0.258 e. The number of hydrogen-bond acceptors (Lipinski definition) is 14. The molecule has 0 saturated carbocycles. The minimum absolute atomic E-state index is 0.0925. The smallest absolute Gasteiger partial charge is 0.258 e. The first-order chi connectivity index (χ1) is 31.4. The molecule has 1 saturated heterocycles. The molecule has 64 heavy (non-hydrogen) atoms. The second-order valence-electron chi connectivity index (χ2n) is 15.1. The van der Waals surface area contributed by atoms with Gasteiger partial charge in [-0.1, -0.05) is 34.6 Å². The van der Waals surface area contributed by atoms with Crippen LogP contribution in [0.25, 0.3) is 67.5 Å². The van der Waals surface area contributed by atoms with Crippen LogP contribution in [0.1, 0.15) is 45.2 Å². The Balaban J connectivity index is 0.000000175. The molecule has 16 heteroatoms. The largest absolute Gasteiger partial charge is 0.490 e. The van der Waals surface area contributed by atoms with E-state index in [1.54, 1.807) is 0 Å². The molecular weight excluding hydrogens is 817 g/mol. The predicted molar refractivity (Wildman–Crippen MR) is 243 cm³/mol. The zero-order valence-electron chi connectivity index (χ0n) is 36.5. The lowest BCUT2D eigenvalue weighted by Crippen LogP contribution is -2.21.